The van der Waals surface area contributed by atoms with Crippen LogP contribution in [0.1, 0.15) is 12.1 Å². The summed E-state index contributed by atoms with van der Waals surface area (Å²) in [6, 6.07) is 1.25. The molecular formula is C8H6F2N4. The zero-order valence-corrected chi connectivity index (χ0v) is 7.01. The maximum atomic E-state index is 12.4. The number of aromatic nitrogens is 4. The van der Waals surface area contributed by atoms with Gasteiger partial charge in [-0.25, -0.2) is 18.4 Å². The molecule has 0 atom stereocenters. The molecule has 0 unspecified atom stereocenters. The van der Waals surface area contributed by atoms with Crippen LogP contribution in [-0.4, -0.2) is 19.7 Å². The Hall–Kier alpha value is -1.85. The molecule has 0 amide bonds. The van der Waals surface area contributed by atoms with Gasteiger partial charge in [0, 0.05) is 18.6 Å². The summed E-state index contributed by atoms with van der Waals surface area (Å²) in [6.07, 6.45) is 3.00. The predicted molar refractivity (Wildman–Crippen MR) is 44.1 cm³/mol. The second-order valence-corrected chi connectivity index (χ2v) is 2.53. The molecule has 0 fully saturated rings. The molecule has 0 N–H and O–H groups in total. The lowest BCUT2D eigenvalue weighted by atomic mass is 10.4. The zero-order chi connectivity index (χ0) is 9.97. The first kappa shape index (κ1) is 8.74. The average Bonchev–Trinajstić information content (AvgIpc) is 2.67. The molecule has 6 heteroatoms. The molecule has 0 saturated heterocycles. The van der Waals surface area contributed by atoms with Crippen molar-refractivity contribution in [2.75, 3.05) is 0 Å². The molecular weight excluding hydrogens is 190 g/mol. The van der Waals surface area contributed by atoms with Gasteiger partial charge in [0.25, 0.3) is 6.43 Å². The third-order valence-corrected chi connectivity index (χ3v) is 1.66. The summed E-state index contributed by atoms with van der Waals surface area (Å²) in [6.45, 7) is 0. The van der Waals surface area contributed by atoms with Crippen molar-refractivity contribution in [1.29, 1.82) is 0 Å². The minimum Gasteiger partial charge on any atom is -0.259 e. The molecule has 2 heterocycles. The van der Waals surface area contributed by atoms with Crippen molar-refractivity contribution < 1.29 is 8.78 Å². The zero-order valence-electron chi connectivity index (χ0n) is 7.01. The Morgan fingerprint density at radius 3 is 2.71 bits per heavy atom. The molecule has 0 spiro atoms. The van der Waals surface area contributed by atoms with E-state index in [2.05, 4.69) is 15.1 Å². The molecule has 0 aliphatic carbocycles. The lowest BCUT2D eigenvalue weighted by molar-refractivity contribution is 0.142. The Labute approximate surface area is 78.2 Å². The van der Waals surface area contributed by atoms with Gasteiger partial charge in [-0.05, 0) is 6.07 Å². The van der Waals surface area contributed by atoms with Crippen LogP contribution in [0.2, 0.25) is 0 Å². The number of rotatable bonds is 2. The molecule has 2 aromatic rings. The highest BCUT2D eigenvalue weighted by molar-refractivity contribution is 5.20. The summed E-state index contributed by atoms with van der Waals surface area (Å²) < 4.78 is 25.9. The van der Waals surface area contributed by atoms with E-state index < -0.39 is 6.43 Å². The molecule has 0 aromatic carbocycles. The van der Waals surface area contributed by atoms with Crippen LogP contribution in [0, 0.1) is 0 Å². The van der Waals surface area contributed by atoms with E-state index in [4.69, 9.17) is 0 Å². The fraction of sp³-hybridized carbons (Fsp3) is 0.125. The molecule has 72 valence electrons. The van der Waals surface area contributed by atoms with Crippen LogP contribution in [0.25, 0.3) is 5.82 Å². The summed E-state index contributed by atoms with van der Waals surface area (Å²) in [4.78, 5) is 7.64. The molecule has 0 bridgehead atoms. The standard InChI is InChI=1S/C8H6F2N4/c9-8(10)6-1-2-13-14(6)7-5-11-3-4-12-7/h1-5,8H. The van der Waals surface area contributed by atoms with Gasteiger partial charge in [0.1, 0.15) is 5.69 Å². The minimum atomic E-state index is -2.57. The summed E-state index contributed by atoms with van der Waals surface area (Å²) in [5.74, 6) is 0.285. The van der Waals surface area contributed by atoms with Gasteiger partial charge in [-0.15, -0.1) is 0 Å². The van der Waals surface area contributed by atoms with E-state index in [1.54, 1.807) is 0 Å². The summed E-state index contributed by atoms with van der Waals surface area (Å²) in [5, 5.41) is 3.74. The van der Waals surface area contributed by atoms with Crippen LogP contribution in [0.15, 0.2) is 30.9 Å². The molecule has 2 aromatic heterocycles. The van der Waals surface area contributed by atoms with Gasteiger partial charge in [-0.2, -0.15) is 5.10 Å². The van der Waals surface area contributed by atoms with Crippen LogP contribution >= 0.6 is 0 Å². The van der Waals surface area contributed by atoms with Gasteiger partial charge < -0.3 is 0 Å². The van der Waals surface area contributed by atoms with Crippen LogP contribution in [-0.2, 0) is 0 Å². The fourth-order valence-electron chi connectivity index (χ4n) is 1.07. The highest BCUT2D eigenvalue weighted by Gasteiger charge is 2.14. The lowest BCUT2D eigenvalue weighted by Gasteiger charge is -2.03. The quantitative estimate of drug-likeness (QED) is 0.732. The molecule has 0 aliphatic rings. The Morgan fingerprint density at radius 1 is 1.21 bits per heavy atom. The maximum Gasteiger partial charge on any atom is 0.280 e. The van der Waals surface area contributed by atoms with Crippen LogP contribution in [0.4, 0.5) is 8.78 Å². The van der Waals surface area contributed by atoms with E-state index in [9.17, 15) is 8.78 Å². The Kier molecular flexibility index (Phi) is 2.18. The second-order valence-electron chi connectivity index (χ2n) is 2.53. The van der Waals surface area contributed by atoms with E-state index in [1.165, 1.54) is 30.9 Å². The van der Waals surface area contributed by atoms with Crippen molar-refractivity contribution in [1.82, 2.24) is 19.7 Å². The van der Waals surface area contributed by atoms with Gasteiger partial charge in [0.2, 0.25) is 0 Å². The number of alkyl halides is 2. The van der Waals surface area contributed by atoms with Crippen molar-refractivity contribution in [3.8, 4) is 5.82 Å². The minimum absolute atomic E-state index is 0.189. The SMILES string of the molecule is FC(F)c1ccnn1-c1cnccn1. The largest absolute Gasteiger partial charge is 0.280 e. The van der Waals surface area contributed by atoms with Crippen LogP contribution in [0.5, 0.6) is 0 Å². The molecule has 0 radical (unpaired) electrons. The van der Waals surface area contributed by atoms with Crippen molar-refractivity contribution in [2.45, 2.75) is 6.43 Å². The maximum absolute atomic E-state index is 12.4. The Balaban J connectivity index is 2.47. The van der Waals surface area contributed by atoms with Gasteiger partial charge in [0.05, 0.1) is 6.20 Å². The first-order valence-electron chi connectivity index (χ1n) is 3.87. The predicted octanol–water partition coefficient (Wildman–Crippen LogP) is 1.60. The van der Waals surface area contributed by atoms with Gasteiger partial charge in [-0.3, -0.25) is 4.98 Å². The molecule has 14 heavy (non-hydrogen) atoms. The van der Waals surface area contributed by atoms with Crippen LogP contribution in [0.3, 0.4) is 0 Å². The smallest absolute Gasteiger partial charge is 0.259 e. The van der Waals surface area contributed by atoms with Crippen molar-refractivity contribution in [2.24, 2.45) is 0 Å². The number of halogens is 2. The van der Waals surface area contributed by atoms with Gasteiger partial charge >= 0.3 is 0 Å². The molecule has 0 aliphatic heterocycles. The Morgan fingerprint density at radius 2 is 2.07 bits per heavy atom. The first-order valence-corrected chi connectivity index (χ1v) is 3.87. The highest BCUT2D eigenvalue weighted by Crippen LogP contribution is 2.19. The molecule has 2 rings (SSSR count). The van der Waals surface area contributed by atoms with E-state index in [0.717, 1.165) is 4.68 Å². The summed E-state index contributed by atoms with van der Waals surface area (Å²) in [7, 11) is 0. The molecule has 4 nitrogen and oxygen atoms in total. The lowest BCUT2D eigenvalue weighted by Crippen LogP contribution is -2.04. The van der Waals surface area contributed by atoms with E-state index in [0.29, 0.717) is 0 Å². The number of hydrogen-bond donors (Lipinski definition) is 0. The second kappa shape index (κ2) is 3.49. The van der Waals surface area contributed by atoms with E-state index in [-0.39, 0.29) is 11.5 Å². The van der Waals surface area contributed by atoms with E-state index in [1.807, 2.05) is 0 Å². The van der Waals surface area contributed by atoms with E-state index >= 15 is 0 Å². The van der Waals surface area contributed by atoms with Crippen molar-refractivity contribution >= 4 is 0 Å². The summed E-state index contributed by atoms with van der Waals surface area (Å²) >= 11 is 0. The van der Waals surface area contributed by atoms with Crippen molar-refractivity contribution in [3.63, 3.8) is 0 Å². The number of hydrogen-bond acceptors (Lipinski definition) is 3. The third-order valence-electron chi connectivity index (χ3n) is 1.66. The topological polar surface area (TPSA) is 43.6 Å². The van der Waals surface area contributed by atoms with Gasteiger partial charge in [-0.1, -0.05) is 0 Å². The highest BCUT2D eigenvalue weighted by atomic mass is 19.3. The van der Waals surface area contributed by atoms with Crippen molar-refractivity contribution in [3.05, 3.63) is 36.5 Å². The summed E-state index contributed by atoms with van der Waals surface area (Å²) in [5.41, 5.74) is -0.189. The normalized spacial score (nSPS) is 10.8. The monoisotopic (exact) mass is 196 g/mol. The number of nitrogens with zero attached hydrogens (tertiary/aromatic N) is 4. The third kappa shape index (κ3) is 1.46. The first-order chi connectivity index (χ1) is 6.79. The fourth-order valence-corrected chi connectivity index (χ4v) is 1.07. The van der Waals surface area contributed by atoms with Crippen LogP contribution < -0.4 is 0 Å². The Bertz CT molecular complexity index is 412. The van der Waals surface area contributed by atoms with Gasteiger partial charge in [0.15, 0.2) is 5.82 Å². The average molecular weight is 196 g/mol. The molecule has 0 saturated carbocycles.